The fourth-order valence-corrected chi connectivity index (χ4v) is 1.96. The summed E-state index contributed by atoms with van der Waals surface area (Å²) in [5.74, 6) is 0.232. The Balaban J connectivity index is 1.97. The lowest BCUT2D eigenvalue weighted by atomic mass is 10.1. The Kier molecular flexibility index (Phi) is 4.86. The van der Waals surface area contributed by atoms with Crippen LogP contribution in [0.15, 0.2) is 0 Å². The fourth-order valence-electron chi connectivity index (χ4n) is 1.96. The second-order valence-corrected chi connectivity index (χ2v) is 4.18. The van der Waals surface area contributed by atoms with Gasteiger partial charge in [-0.05, 0) is 31.7 Å². The summed E-state index contributed by atoms with van der Waals surface area (Å²) in [6.45, 7) is 1.02. The van der Waals surface area contributed by atoms with Crippen LogP contribution < -0.4 is 5.32 Å². The van der Waals surface area contributed by atoms with E-state index in [1.165, 1.54) is 0 Å². The zero-order chi connectivity index (χ0) is 11.3. The van der Waals surface area contributed by atoms with Gasteiger partial charge in [0.2, 0.25) is 0 Å². The van der Waals surface area contributed by atoms with Gasteiger partial charge in [0.1, 0.15) is 0 Å². The van der Waals surface area contributed by atoms with Crippen molar-refractivity contribution in [2.24, 2.45) is 5.92 Å². The van der Waals surface area contributed by atoms with Crippen molar-refractivity contribution in [3.05, 3.63) is 0 Å². The molecule has 2 atom stereocenters. The molecule has 1 aliphatic carbocycles. The second-order valence-electron chi connectivity index (χ2n) is 4.18. The Morgan fingerprint density at radius 2 is 2.00 bits per heavy atom. The van der Waals surface area contributed by atoms with E-state index in [4.69, 9.17) is 0 Å². The van der Waals surface area contributed by atoms with Gasteiger partial charge in [0, 0.05) is 13.0 Å². The summed E-state index contributed by atoms with van der Waals surface area (Å²) in [6.07, 6.45) is -2.09. The first-order chi connectivity index (χ1) is 6.99. The molecule has 5 heteroatoms. The van der Waals surface area contributed by atoms with Crippen molar-refractivity contribution in [3.8, 4) is 0 Å². The average Bonchev–Trinajstić information content (AvgIpc) is 2.49. The lowest BCUT2D eigenvalue weighted by Gasteiger charge is -2.15. The molecule has 1 aliphatic rings. The molecular formula is C10H18F3NO. The van der Waals surface area contributed by atoms with Crippen LogP contribution in [0, 0.1) is 5.92 Å². The maximum absolute atomic E-state index is 11.8. The zero-order valence-corrected chi connectivity index (χ0v) is 8.69. The Morgan fingerprint density at radius 1 is 1.27 bits per heavy atom. The first-order valence-corrected chi connectivity index (χ1v) is 5.44. The van der Waals surface area contributed by atoms with Crippen molar-refractivity contribution < 1.29 is 18.3 Å². The number of alkyl halides is 3. The highest BCUT2D eigenvalue weighted by atomic mass is 19.4. The minimum atomic E-state index is -4.05. The lowest BCUT2D eigenvalue weighted by molar-refractivity contribution is -0.135. The van der Waals surface area contributed by atoms with Gasteiger partial charge < -0.3 is 10.4 Å². The van der Waals surface area contributed by atoms with Gasteiger partial charge in [-0.25, -0.2) is 0 Å². The maximum Gasteiger partial charge on any atom is 0.389 e. The van der Waals surface area contributed by atoms with Gasteiger partial charge in [-0.15, -0.1) is 0 Å². The van der Waals surface area contributed by atoms with E-state index in [9.17, 15) is 18.3 Å². The SMILES string of the molecule is OC1CCCC1CNCCCC(F)(F)F. The summed E-state index contributed by atoms with van der Waals surface area (Å²) in [4.78, 5) is 0. The van der Waals surface area contributed by atoms with Crippen molar-refractivity contribution >= 4 is 0 Å². The van der Waals surface area contributed by atoms with Gasteiger partial charge in [-0.3, -0.25) is 0 Å². The van der Waals surface area contributed by atoms with Crippen molar-refractivity contribution in [3.63, 3.8) is 0 Å². The second kappa shape index (κ2) is 5.70. The van der Waals surface area contributed by atoms with E-state index in [1.807, 2.05) is 0 Å². The van der Waals surface area contributed by atoms with E-state index in [2.05, 4.69) is 5.32 Å². The van der Waals surface area contributed by atoms with Gasteiger partial charge in [0.05, 0.1) is 6.10 Å². The number of rotatable bonds is 5. The van der Waals surface area contributed by atoms with E-state index >= 15 is 0 Å². The largest absolute Gasteiger partial charge is 0.393 e. The first kappa shape index (κ1) is 12.8. The number of halogens is 3. The summed E-state index contributed by atoms with van der Waals surface area (Å²) in [5, 5.41) is 12.4. The molecule has 0 heterocycles. The molecule has 90 valence electrons. The number of aliphatic hydroxyl groups is 1. The predicted octanol–water partition coefficient (Wildman–Crippen LogP) is 2.08. The number of aliphatic hydroxyl groups excluding tert-OH is 1. The number of nitrogens with one attached hydrogen (secondary N) is 1. The molecule has 0 radical (unpaired) electrons. The first-order valence-electron chi connectivity index (χ1n) is 5.44. The number of hydrogen-bond donors (Lipinski definition) is 2. The van der Waals surface area contributed by atoms with Gasteiger partial charge in [0.15, 0.2) is 0 Å². The molecule has 0 aromatic carbocycles. The normalized spacial score (nSPS) is 27.2. The van der Waals surface area contributed by atoms with Gasteiger partial charge in [-0.2, -0.15) is 13.2 Å². The van der Waals surface area contributed by atoms with E-state index in [0.717, 1.165) is 19.3 Å². The molecule has 0 aromatic heterocycles. The van der Waals surface area contributed by atoms with Crippen molar-refractivity contribution in [1.29, 1.82) is 0 Å². The quantitative estimate of drug-likeness (QED) is 0.702. The van der Waals surface area contributed by atoms with Gasteiger partial charge >= 0.3 is 6.18 Å². The van der Waals surface area contributed by atoms with Crippen molar-refractivity contribution in [2.45, 2.75) is 44.4 Å². The van der Waals surface area contributed by atoms with E-state index < -0.39 is 12.6 Å². The maximum atomic E-state index is 11.8. The average molecular weight is 225 g/mol. The fraction of sp³-hybridized carbons (Fsp3) is 1.00. The van der Waals surface area contributed by atoms with Crippen LogP contribution in [0.25, 0.3) is 0 Å². The molecule has 0 aromatic rings. The molecule has 0 spiro atoms. The van der Waals surface area contributed by atoms with Crippen LogP contribution in [0.1, 0.15) is 32.1 Å². The third kappa shape index (κ3) is 5.37. The van der Waals surface area contributed by atoms with Crippen LogP contribution in [0.2, 0.25) is 0 Å². The summed E-state index contributed by atoms with van der Waals surface area (Å²) >= 11 is 0. The summed E-state index contributed by atoms with van der Waals surface area (Å²) < 4.78 is 35.3. The van der Waals surface area contributed by atoms with Crippen LogP contribution in [0.5, 0.6) is 0 Å². The Hall–Kier alpha value is -0.290. The molecule has 0 amide bonds. The molecule has 2 N–H and O–H groups in total. The van der Waals surface area contributed by atoms with Gasteiger partial charge in [0.25, 0.3) is 0 Å². The molecule has 1 saturated carbocycles. The van der Waals surface area contributed by atoms with Crippen molar-refractivity contribution in [1.82, 2.24) is 5.32 Å². The molecule has 1 rings (SSSR count). The standard InChI is InChI=1S/C10H18F3NO/c11-10(12,13)5-2-6-14-7-8-3-1-4-9(8)15/h8-9,14-15H,1-7H2. The van der Waals surface area contributed by atoms with E-state index in [1.54, 1.807) is 0 Å². The Bertz CT molecular complexity index is 184. The molecule has 2 nitrogen and oxygen atoms in total. The monoisotopic (exact) mass is 225 g/mol. The molecule has 1 fully saturated rings. The molecule has 15 heavy (non-hydrogen) atoms. The minimum Gasteiger partial charge on any atom is -0.393 e. The highest BCUT2D eigenvalue weighted by Crippen LogP contribution is 2.24. The van der Waals surface area contributed by atoms with Crippen LogP contribution in [0.3, 0.4) is 0 Å². The highest BCUT2D eigenvalue weighted by molar-refractivity contribution is 4.78. The molecule has 0 aliphatic heterocycles. The Morgan fingerprint density at radius 3 is 2.53 bits per heavy atom. The molecule has 2 unspecified atom stereocenters. The topological polar surface area (TPSA) is 32.3 Å². The third-order valence-electron chi connectivity index (χ3n) is 2.84. The summed E-state index contributed by atoms with van der Waals surface area (Å²) in [5.41, 5.74) is 0. The third-order valence-corrected chi connectivity index (χ3v) is 2.84. The minimum absolute atomic E-state index is 0.117. The van der Waals surface area contributed by atoms with Crippen LogP contribution in [0.4, 0.5) is 13.2 Å². The predicted molar refractivity (Wildman–Crippen MR) is 51.5 cm³/mol. The summed E-state index contributed by atoms with van der Waals surface area (Å²) in [7, 11) is 0. The van der Waals surface area contributed by atoms with E-state index in [0.29, 0.717) is 13.1 Å². The smallest absolute Gasteiger partial charge is 0.389 e. The summed E-state index contributed by atoms with van der Waals surface area (Å²) in [6, 6.07) is 0. The molecular weight excluding hydrogens is 207 g/mol. The molecule has 0 bridgehead atoms. The van der Waals surface area contributed by atoms with Crippen LogP contribution >= 0.6 is 0 Å². The highest BCUT2D eigenvalue weighted by Gasteiger charge is 2.26. The lowest BCUT2D eigenvalue weighted by Crippen LogP contribution is -2.29. The van der Waals surface area contributed by atoms with Crippen molar-refractivity contribution in [2.75, 3.05) is 13.1 Å². The van der Waals surface area contributed by atoms with Crippen LogP contribution in [-0.2, 0) is 0 Å². The number of hydrogen-bond acceptors (Lipinski definition) is 2. The van der Waals surface area contributed by atoms with Crippen LogP contribution in [-0.4, -0.2) is 30.5 Å². The molecule has 0 saturated heterocycles. The van der Waals surface area contributed by atoms with E-state index in [-0.39, 0.29) is 18.4 Å². The Labute approximate surface area is 87.9 Å². The zero-order valence-electron chi connectivity index (χ0n) is 8.69. The van der Waals surface area contributed by atoms with Gasteiger partial charge in [-0.1, -0.05) is 6.42 Å².